The molecule has 0 spiro atoms. The number of hydrogen-bond acceptors (Lipinski definition) is 5. The summed E-state index contributed by atoms with van der Waals surface area (Å²) in [4.78, 5) is 16.4. The Morgan fingerprint density at radius 2 is 2.31 bits per heavy atom. The van der Waals surface area contributed by atoms with Gasteiger partial charge in [0.2, 0.25) is 0 Å². The van der Waals surface area contributed by atoms with Crippen molar-refractivity contribution in [2.75, 3.05) is 24.3 Å². The van der Waals surface area contributed by atoms with E-state index < -0.39 is 0 Å². The zero-order valence-electron chi connectivity index (χ0n) is 9.58. The smallest absolute Gasteiger partial charge is 0.263 e. The Morgan fingerprint density at radius 3 is 2.88 bits per heavy atom. The molecular weight excluding hydrogens is 242 g/mol. The molecule has 16 heavy (non-hydrogen) atoms. The molecule has 0 atom stereocenters. The van der Waals surface area contributed by atoms with Crippen LogP contribution in [0.1, 0.15) is 28.2 Å². The van der Waals surface area contributed by atoms with E-state index in [0.29, 0.717) is 15.7 Å². The molecule has 1 heterocycles. The van der Waals surface area contributed by atoms with Crippen molar-refractivity contribution in [1.29, 1.82) is 0 Å². The lowest BCUT2D eigenvalue weighted by Gasteiger charge is -2.03. The van der Waals surface area contributed by atoms with Crippen molar-refractivity contribution in [2.24, 2.45) is 0 Å². The van der Waals surface area contributed by atoms with Gasteiger partial charge in [0, 0.05) is 6.54 Å². The molecule has 0 aliphatic rings. The highest BCUT2D eigenvalue weighted by molar-refractivity contribution is 7.98. The van der Waals surface area contributed by atoms with Crippen LogP contribution in [0.25, 0.3) is 0 Å². The number of rotatable bonds is 6. The van der Waals surface area contributed by atoms with Crippen molar-refractivity contribution < 1.29 is 4.79 Å². The number of anilines is 1. The van der Waals surface area contributed by atoms with Crippen molar-refractivity contribution in [3.8, 4) is 0 Å². The maximum Gasteiger partial charge on any atom is 0.263 e. The third-order valence-electron chi connectivity index (χ3n) is 2.08. The van der Waals surface area contributed by atoms with E-state index in [-0.39, 0.29) is 5.91 Å². The number of amides is 1. The molecule has 0 fully saturated rings. The average Bonchev–Trinajstić information content (AvgIpc) is 2.57. The summed E-state index contributed by atoms with van der Waals surface area (Å²) in [7, 11) is 0. The van der Waals surface area contributed by atoms with E-state index >= 15 is 0 Å². The van der Waals surface area contributed by atoms with Gasteiger partial charge in [-0.2, -0.15) is 11.8 Å². The summed E-state index contributed by atoms with van der Waals surface area (Å²) in [5, 5.41) is 3.33. The second kappa shape index (κ2) is 6.75. The Morgan fingerprint density at radius 1 is 1.56 bits per heavy atom. The second-order valence-electron chi connectivity index (χ2n) is 3.42. The highest BCUT2D eigenvalue weighted by atomic mass is 32.2. The minimum atomic E-state index is -0.0594. The number of carbonyl (C=O) groups is 1. The number of unbranched alkanes of at least 4 members (excludes halogenated alkanes) is 1. The predicted octanol–water partition coefficient (Wildman–Crippen LogP) is 1.91. The Bertz CT molecular complexity index is 352. The first-order valence-electron chi connectivity index (χ1n) is 5.15. The molecule has 1 amide bonds. The number of carbonyl (C=O) groups excluding carboxylic acids is 1. The topological polar surface area (TPSA) is 68.0 Å². The summed E-state index contributed by atoms with van der Waals surface area (Å²) in [6.07, 6.45) is 4.23. The van der Waals surface area contributed by atoms with E-state index in [1.165, 1.54) is 11.3 Å². The molecule has 0 aliphatic heterocycles. The summed E-state index contributed by atoms with van der Waals surface area (Å²) in [5.41, 5.74) is 6.25. The minimum Gasteiger partial charge on any atom is -0.375 e. The fourth-order valence-electron chi connectivity index (χ4n) is 1.28. The maximum atomic E-state index is 11.7. The number of nitrogens with zero attached hydrogens (tertiary/aromatic N) is 1. The lowest BCUT2D eigenvalue weighted by Crippen LogP contribution is -2.24. The van der Waals surface area contributed by atoms with Gasteiger partial charge in [-0.05, 0) is 31.8 Å². The van der Waals surface area contributed by atoms with Crippen molar-refractivity contribution >= 4 is 34.1 Å². The van der Waals surface area contributed by atoms with E-state index in [1.54, 1.807) is 6.92 Å². The highest BCUT2D eigenvalue weighted by Gasteiger charge is 2.12. The molecule has 0 aliphatic carbocycles. The predicted molar refractivity (Wildman–Crippen MR) is 71.2 cm³/mol. The van der Waals surface area contributed by atoms with Gasteiger partial charge < -0.3 is 11.1 Å². The normalized spacial score (nSPS) is 10.4. The molecule has 3 N–H and O–H groups in total. The maximum absolute atomic E-state index is 11.7. The van der Waals surface area contributed by atoms with E-state index in [4.69, 9.17) is 5.73 Å². The fraction of sp³-hybridized carbons (Fsp3) is 0.600. The Hall–Kier alpha value is -0.750. The van der Waals surface area contributed by atoms with Crippen molar-refractivity contribution in [1.82, 2.24) is 10.3 Å². The lowest BCUT2D eigenvalue weighted by molar-refractivity contribution is 0.0956. The molecular formula is C10H17N3OS2. The summed E-state index contributed by atoms with van der Waals surface area (Å²) in [5.74, 6) is 1.08. The largest absolute Gasteiger partial charge is 0.375 e. The van der Waals surface area contributed by atoms with E-state index in [0.717, 1.165) is 25.1 Å². The van der Waals surface area contributed by atoms with Crippen LogP contribution in [0.5, 0.6) is 0 Å². The second-order valence-corrected chi connectivity index (χ2v) is 5.44. The quantitative estimate of drug-likeness (QED) is 0.766. The van der Waals surface area contributed by atoms with Gasteiger partial charge in [0.05, 0.1) is 5.69 Å². The van der Waals surface area contributed by atoms with Gasteiger partial charge in [0.25, 0.3) is 5.91 Å². The highest BCUT2D eigenvalue weighted by Crippen LogP contribution is 2.19. The number of hydrogen-bond donors (Lipinski definition) is 2. The van der Waals surface area contributed by atoms with E-state index in [9.17, 15) is 4.79 Å². The Kier molecular flexibility index (Phi) is 5.62. The van der Waals surface area contributed by atoms with Crippen LogP contribution in [0.3, 0.4) is 0 Å². The first-order chi connectivity index (χ1) is 7.65. The van der Waals surface area contributed by atoms with Crippen LogP contribution >= 0.6 is 23.1 Å². The molecule has 1 aromatic heterocycles. The molecule has 0 radical (unpaired) electrons. The third kappa shape index (κ3) is 4.02. The zero-order valence-corrected chi connectivity index (χ0v) is 11.2. The SMILES string of the molecule is CSCCCCNC(=O)c1sc(N)nc1C. The number of nitrogens with two attached hydrogens (primary N) is 1. The van der Waals surface area contributed by atoms with Crippen LogP contribution in [-0.2, 0) is 0 Å². The van der Waals surface area contributed by atoms with Crippen LogP contribution in [0, 0.1) is 6.92 Å². The monoisotopic (exact) mass is 259 g/mol. The Balaban J connectivity index is 2.33. The van der Waals surface area contributed by atoms with Crippen LogP contribution in [0.4, 0.5) is 5.13 Å². The average molecular weight is 259 g/mol. The van der Waals surface area contributed by atoms with Crippen molar-refractivity contribution in [3.63, 3.8) is 0 Å². The van der Waals surface area contributed by atoms with Gasteiger partial charge in [-0.25, -0.2) is 4.98 Å². The zero-order chi connectivity index (χ0) is 12.0. The molecule has 0 saturated carbocycles. The molecule has 0 saturated heterocycles. The van der Waals surface area contributed by atoms with Gasteiger partial charge >= 0.3 is 0 Å². The number of thioether (sulfide) groups is 1. The summed E-state index contributed by atoms with van der Waals surface area (Å²) < 4.78 is 0. The van der Waals surface area contributed by atoms with Crippen LogP contribution in [-0.4, -0.2) is 29.4 Å². The summed E-state index contributed by atoms with van der Waals surface area (Å²) in [6, 6.07) is 0. The standard InChI is InChI=1S/C10H17N3OS2/c1-7-8(16-10(11)13-7)9(14)12-5-3-4-6-15-2/h3-6H2,1-2H3,(H2,11,13)(H,12,14). The molecule has 1 rings (SSSR count). The number of nitrogens with one attached hydrogen (secondary N) is 1. The van der Waals surface area contributed by atoms with Crippen molar-refractivity contribution in [3.05, 3.63) is 10.6 Å². The van der Waals surface area contributed by atoms with Crippen LogP contribution in [0.2, 0.25) is 0 Å². The minimum absolute atomic E-state index is 0.0594. The molecule has 0 bridgehead atoms. The molecule has 0 aromatic carbocycles. The van der Waals surface area contributed by atoms with Crippen molar-refractivity contribution in [2.45, 2.75) is 19.8 Å². The third-order valence-corrected chi connectivity index (χ3v) is 3.76. The number of aryl methyl sites for hydroxylation is 1. The number of thiazole rings is 1. The van der Waals surface area contributed by atoms with Gasteiger partial charge in [0.1, 0.15) is 4.88 Å². The Labute approximate surface area is 104 Å². The van der Waals surface area contributed by atoms with Gasteiger partial charge in [-0.3, -0.25) is 4.79 Å². The number of nitrogen functional groups attached to an aromatic ring is 1. The molecule has 4 nitrogen and oxygen atoms in total. The van der Waals surface area contributed by atoms with Crippen LogP contribution in [0.15, 0.2) is 0 Å². The van der Waals surface area contributed by atoms with Gasteiger partial charge in [0.15, 0.2) is 5.13 Å². The molecule has 1 aromatic rings. The van der Waals surface area contributed by atoms with Gasteiger partial charge in [-0.15, -0.1) is 0 Å². The molecule has 90 valence electrons. The van der Waals surface area contributed by atoms with Crippen LogP contribution < -0.4 is 11.1 Å². The summed E-state index contributed by atoms with van der Waals surface area (Å²) >= 11 is 3.07. The van der Waals surface area contributed by atoms with E-state index in [1.807, 2.05) is 11.8 Å². The number of aromatic nitrogens is 1. The summed E-state index contributed by atoms with van der Waals surface area (Å²) in [6.45, 7) is 2.52. The van der Waals surface area contributed by atoms with E-state index in [2.05, 4.69) is 16.6 Å². The lowest BCUT2D eigenvalue weighted by atomic mass is 10.3. The first-order valence-corrected chi connectivity index (χ1v) is 7.36. The van der Waals surface area contributed by atoms with Gasteiger partial charge in [-0.1, -0.05) is 11.3 Å². The molecule has 6 heteroatoms. The first kappa shape index (κ1) is 13.3. The molecule has 0 unspecified atom stereocenters. The fourth-order valence-corrected chi connectivity index (χ4v) is 2.52.